The van der Waals surface area contributed by atoms with Crippen LogP contribution in [0.5, 0.6) is 0 Å². The molecule has 4 unspecified atom stereocenters. The van der Waals surface area contributed by atoms with Gasteiger partial charge in [0.15, 0.2) is 0 Å². The van der Waals surface area contributed by atoms with Crippen molar-refractivity contribution in [3.63, 3.8) is 0 Å². The van der Waals surface area contributed by atoms with E-state index in [1.54, 1.807) is 49.2 Å². The largest absolute Gasteiger partial charge is 0.480 e. The minimum atomic E-state index is -4.22. The SMILES string of the molecule is Cc1cc(C)c(S(=O)(=O)NC(CNC(=O)COC2CC(C(N)c3ccccn3)N(C(=O)Nc3ccc(-c4ccccc4)cc3)C2)C(=O)O)c(C)c1. The Labute approximate surface area is 297 Å². The van der Waals surface area contributed by atoms with Gasteiger partial charge in [0.25, 0.3) is 0 Å². The van der Waals surface area contributed by atoms with E-state index in [-0.39, 0.29) is 11.4 Å². The van der Waals surface area contributed by atoms with Gasteiger partial charge in [-0.1, -0.05) is 66.2 Å². The predicted octanol–water partition coefficient (Wildman–Crippen LogP) is 3.91. The number of aliphatic carboxylic acids is 1. The lowest BCUT2D eigenvalue weighted by Crippen LogP contribution is -2.49. The van der Waals surface area contributed by atoms with Crippen molar-refractivity contribution < 1.29 is 32.6 Å². The first-order chi connectivity index (χ1) is 24.3. The minimum absolute atomic E-state index is 0.00787. The molecular formula is C37H42N6O7S. The van der Waals surface area contributed by atoms with Crippen LogP contribution in [0.2, 0.25) is 0 Å². The van der Waals surface area contributed by atoms with E-state index in [1.807, 2.05) is 67.6 Å². The molecule has 1 fully saturated rings. The molecule has 5 rings (SSSR count). The number of amides is 3. The number of nitrogens with two attached hydrogens (primary N) is 1. The number of hydrogen-bond acceptors (Lipinski definition) is 8. The number of rotatable bonds is 13. The number of ether oxygens (including phenoxy) is 1. The first-order valence-corrected chi connectivity index (χ1v) is 17.9. The van der Waals surface area contributed by atoms with E-state index in [2.05, 4.69) is 20.3 Å². The Morgan fingerprint density at radius 2 is 1.61 bits per heavy atom. The highest BCUT2D eigenvalue weighted by Crippen LogP contribution is 2.30. The highest BCUT2D eigenvalue weighted by atomic mass is 32.2. The maximum absolute atomic E-state index is 13.6. The van der Waals surface area contributed by atoms with Crippen LogP contribution in [-0.2, 0) is 24.3 Å². The molecule has 6 N–H and O–H groups in total. The van der Waals surface area contributed by atoms with E-state index in [0.29, 0.717) is 28.9 Å². The molecule has 1 aromatic heterocycles. The van der Waals surface area contributed by atoms with Gasteiger partial charge in [0.2, 0.25) is 15.9 Å². The average molecular weight is 715 g/mol. The standard InChI is InChI=1S/C37H42N6O7S/c1-23-17-24(2)35(25(3)18-23)51(48,49)42-31(36(45)46)20-40-33(44)22-50-29-19-32(34(38)30-11-7-8-16-39-30)43(21-29)37(47)41-28-14-12-27(13-15-28)26-9-5-4-6-10-26/h4-18,29,31-32,34,42H,19-22,38H2,1-3H3,(H,40,44)(H,41,47)(H,45,46). The summed E-state index contributed by atoms with van der Waals surface area (Å²) in [6, 6.07) is 22.9. The minimum Gasteiger partial charge on any atom is -0.480 e. The van der Waals surface area contributed by atoms with Gasteiger partial charge < -0.3 is 31.1 Å². The van der Waals surface area contributed by atoms with E-state index in [0.717, 1.165) is 16.7 Å². The van der Waals surface area contributed by atoms with Crippen molar-refractivity contribution in [3.8, 4) is 11.1 Å². The highest BCUT2D eigenvalue weighted by Gasteiger charge is 2.40. The average Bonchev–Trinajstić information content (AvgIpc) is 3.54. The number of likely N-dealkylation sites (tertiary alicyclic amines) is 1. The lowest BCUT2D eigenvalue weighted by Gasteiger charge is -2.29. The summed E-state index contributed by atoms with van der Waals surface area (Å²) in [5.74, 6) is -2.11. The zero-order valence-corrected chi connectivity index (χ0v) is 29.4. The number of anilines is 1. The summed E-state index contributed by atoms with van der Waals surface area (Å²) < 4.78 is 34.4. The molecule has 3 aromatic carbocycles. The van der Waals surface area contributed by atoms with Crippen molar-refractivity contribution in [2.75, 3.05) is 25.0 Å². The lowest BCUT2D eigenvalue weighted by atomic mass is 10.0. The number of nitrogens with one attached hydrogen (secondary N) is 3. The molecule has 0 bridgehead atoms. The summed E-state index contributed by atoms with van der Waals surface area (Å²) in [5, 5.41) is 15.1. The third-order valence-corrected chi connectivity index (χ3v) is 10.5. The molecule has 3 amide bonds. The fourth-order valence-corrected chi connectivity index (χ4v) is 7.98. The molecule has 13 nitrogen and oxygen atoms in total. The molecule has 268 valence electrons. The molecule has 0 radical (unpaired) electrons. The van der Waals surface area contributed by atoms with Gasteiger partial charge >= 0.3 is 12.0 Å². The lowest BCUT2D eigenvalue weighted by molar-refractivity contribution is -0.139. The van der Waals surface area contributed by atoms with E-state index in [4.69, 9.17) is 10.5 Å². The number of hydrogen-bond donors (Lipinski definition) is 5. The van der Waals surface area contributed by atoms with Crippen molar-refractivity contribution in [2.24, 2.45) is 5.73 Å². The van der Waals surface area contributed by atoms with Gasteiger partial charge in [0, 0.05) is 25.0 Å². The molecule has 4 atom stereocenters. The third kappa shape index (κ3) is 9.35. The maximum Gasteiger partial charge on any atom is 0.323 e. The van der Waals surface area contributed by atoms with Gasteiger partial charge in [-0.2, -0.15) is 4.72 Å². The Hall–Kier alpha value is -5.15. The van der Waals surface area contributed by atoms with Crippen LogP contribution in [-0.4, -0.2) is 79.2 Å². The first-order valence-electron chi connectivity index (χ1n) is 16.4. The Bertz CT molecular complexity index is 1940. The fourth-order valence-electron chi connectivity index (χ4n) is 6.34. The molecule has 0 aliphatic carbocycles. The topological polar surface area (TPSA) is 193 Å². The molecule has 0 spiro atoms. The van der Waals surface area contributed by atoms with Crippen LogP contribution in [0.25, 0.3) is 11.1 Å². The summed E-state index contributed by atoms with van der Waals surface area (Å²) in [5.41, 5.74) is 11.7. The molecule has 1 saturated heterocycles. The van der Waals surface area contributed by atoms with Gasteiger partial charge in [-0.3, -0.25) is 14.6 Å². The van der Waals surface area contributed by atoms with Crippen LogP contribution in [0.15, 0.2) is 96.0 Å². The molecular weight excluding hydrogens is 673 g/mol. The number of nitrogens with zero attached hydrogens (tertiary/aromatic N) is 2. The number of carbonyl (C=O) groups is 3. The van der Waals surface area contributed by atoms with Crippen molar-refractivity contribution in [1.82, 2.24) is 19.9 Å². The van der Waals surface area contributed by atoms with E-state index >= 15 is 0 Å². The van der Waals surface area contributed by atoms with E-state index in [1.165, 1.54) is 0 Å². The molecule has 0 saturated carbocycles. The Morgan fingerprint density at radius 3 is 2.24 bits per heavy atom. The van der Waals surface area contributed by atoms with Gasteiger partial charge in [-0.05, 0) is 73.7 Å². The van der Waals surface area contributed by atoms with Crippen molar-refractivity contribution in [2.45, 2.75) is 56.3 Å². The second kappa shape index (κ2) is 16.2. The summed E-state index contributed by atoms with van der Waals surface area (Å²) in [4.78, 5) is 44.3. The van der Waals surface area contributed by atoms with Crippen molar-refractivity contribution in [3.05, 3.63) is 114 Å². The third-order valence-electron chi connectivity index (χ3n) is 8.68. The summed E-state index contributed by atoms with van der Waals surface area (Å²) in [6.45, 7) is 4.25. The van der Waals surface area contributed by atoms with Gasteiger partial charge in [0.05, 0.1) is 28.8 Å². The van der Waals surface area contributed by atoms with Crippen LogP contribution in [0, 0.1) is 20.8 Å². The van der Waals surface area contributed by atoms with Crippen LogP contribution in [0.1, 0.15) is 34.8 Å². The van der Waals surface area contributed by atoms with Gasteiger partial charge in [-0.25, -0.2) is 13.2 Å². The number of carboxylic acids is 1. The monoisotopic (exact) mass is 714 g/mol. The normalized spacial score (nSPS) is 17.1. The maximum atomic E-state index is 13.6. The first kappa shape index (κ1) is 37.1. The summed E-state index contributed by atoms with van der Waals surface area (Å²) in [7, 11) is -4.22. The number of carbonyl (C=O) groups excluding carboxylic acids is 2. The summed E-state index contributed by atoms with van der Waals surface area (Å²) >= 11 is 0. The number of carboxylic acid groups (broad SMARTS) is 1. The predicted molar refractivity (Wildman–Crippen MR) is 192 cm³/mol. The van der Waals surface area contributed by atoms with Crippen molar-refractivity contribution >= 4 is 33.6 Å². The number of aromatic nitrogens is 1. The number of pyridine rings is 1. The molecule has 1 aliphatic rings. The molecule has 14 heteroatoms. The van der Waals surface area contributed by atoms with Crippen LogP contribution >= 0.6 is 0 Å². The highest BCUT2D eigenvalue weighted by molar-refractivity contribution is 7.89. The van der Waals surface area contributed by atoms with E-state index < -0.39 is 65.3 Å². The van der Waals surface area contributed by atoms with Gasteiger partial charge in [0.1, 0.15) is 12.6 Å². The quantitative estimate of drug-likeness (QED) is 0.137. The molecule has 4 aromatic rings. The number of aryl methyl sites for hydroxylation is 3. The van der Waals surface area contributed by atoms with Crippen LogP contribution in [0.4, 0.5) is 10.5 Å². The van der Waals surface area contributed by atoms with E-state index in [9.17, 15) is 27.9 Å². The number of urea groups is 1. The molecule has 51 heavy (non-hydrogen) atoms. The Kier molecular flexibility index (Phi) is 11.8. The van der Waals surface area contributed by atoms with Crippen LogP contribution < -0.4 is 21.1 Å². The second-order valence-electron chi connectivity index (χ2n) is 12.6. The second-order valence-corrected chi connectivity index (χ2v) is 14.2. The Balaban J connectivity index is 1.21. The fraction of sp³-hybridized carbons (Fsp3) is 0.297. The van der Waals surface area contributed by atoms with Crippen molar-refractivity contribution in [1.29, 1.82) is 0 Å². The smallest absolute Gasteiger partial charge is 0.323 e. The zero-order chi connectivity index (χ0) is 36.7. The Morgan fingerprint density at radius 1 is 0.961 bits per heavy atom. The number of benzene rings is 3. The molecule has 2 heterocycles. The summed E-state index contributed by atoms with van der Waals surface area (Å²) in [6.07, 6.45) is 1.34. The molecule has 1 aliphatic heterocycles. The number of sulfonamides is 1. The van der Waals surface area contributed by atoms with Crippen LogP contribution in [0.3, 0.4) is 0 Å². The zero-order valence-electron chi connectivity index (χ0n) is 28.6. The van der Waals surface area contributed by atoms with Gasteiger partial charge in [-0.15, -0.1) is 0 Å².